The van der Waals surface area contributed by atoms with Crippen LogP contribution in [0.15, 0.2) is 47.4 Å². The van der Waals surface area contributed by atoms with E-state index in [1.165, 1.54) is 17.4 Å². The first-order valence-electron chi connectivity index (χ1n) is 11.4. The SMILES string of the molecule is CCOc1ccc(OCC(=O)N(CCN2CCOCC2)c2nc3c(S(C)(=O)=O)cccc3s2)cc1. The number of hydrogen-bond donors (Lipinski definition) is 0. The number of para-hydroxylation sites is 1. The van der Waals surface area contributed by atoms with Crippen molar-refractivity contribution in [2.45, 2.75) is 11.8 Å². The van der Waals surface area contributed by atoms with Crippen LogP contribution < -0.4 is 14.4 Å². The van der Waals surface area contributed by atoms with E-state index in [0.717, 1.165) is 25.1 Å². The molecule has 1 aliphatic rings. The van der Waals surface area contributed by atoms with Gasteiger partial charge < -0.3 is 14.2 Å². The summed E-state index contributed by atoms with van der Waals surface area (Å²) in [4.78, 5) is 21.8. The minimum Gasteiger partial charge on any atom is -0.494 e. The van der Waals surface area contributed by atoms with Crippen molar-refractivity contribution in [3.63, 3.8) is 0 Å². The molecule has 11 heteroatoms. The quantitative estimate of drug-likeness (QED) is 0.403. The minimum absolute atomic E-state index is 0.156. The number of benzene rings is 2. The first-order valence-corrected chi connectivity index (χ1v) is 14.1. The van der Waals surface area contributed by atoms with Crippen molar-refractivity contribution in [2.75, 3.05) is 63.8 Å². The van der Waals surface area contributed by atoms with Gasteiger partial charge >= 0.3 is 0 Å². The third-order valence-corrected chi connectivity index (χ3v) is 7.71. The Balaban J connectivity index is 1.55. The van der Waals surface area contributed by atoms with E-state index in [1.54, 1.807) is 35.2 Å². The molecule has 1 saturated heterocycles. The average Bonchev–Trinajstić information content (AvgIpc) is 3.28. The molecular weight excluding hydrogens is 490 g/mol. The van der Waals surface area contributed by atoms with Crippen molar-refractivity contribution in [2.24, 2.45) is 0 Å². The number of rotatable bonds is 10. The topological polar surface area (TPSA) is 98.3 Å². The van der Waals surface area contributed by atoms with Crippen LogP contribution in [0.25, 0.3) is 10.2 Å². The van der Waals surface area contributed by atoms with Gasteiger partial charge in [0.25, 0.3) is 5.91 Å². The van der Waals surface area contributed by atoms with Gasteiger partial charge in [-0.1, -0.05) is 17.4 Å². The lowest BCUT2D eigenvalue weighted by Gasteiger charge is -2.29. The first kappa shape index (κ1) is 25.4. The van der Waals surface area contributed by atoms with Crippen molar-refractivity contribution in [1.82, 2.24) is 9.88 Å². The number of carbonyl (C=O) groups excluding carboxylic acids is 1. The zero-order valence-corrected chi connectivity index (χ0v) is 21.4. The Hall–Kier alpha value is -2.73. The Morgan fingerprint density at radius 2 is 1.80 bits per heavy atom. The highest BCUT2D eigenvalue weighted by Crippen LogP contribution is 2.33. The van der Waals surface area contributed by atoms with E-state index < -0.39 is 9.84 Å². The van der Waals surface area contributed by atoms with Crippen molar-refractivity contribution < 1.29 is 27.4 Å². The average molecular weight is 520 g/mol. The number of amides is 1. The lowest BCUT2D eigenvalue weighted by Crippen LogP contribution is -2.44. The number of morpholine rings is 1. The van der Waals surface area contributed by atoms with Crippen LogP contribution in [-0.2, 0) is 19.4 Å². The molecule has 0 bridgehead atoms. The third kappa shape index (κ3) is 6.49. The van der Waals surface area contributed by atoms with Crippen LogP contribution in [0.2, 0.25) is 0 Å². The van der Waals surface area contributed by atoms with Gasteiger partial charge in [0, 0.05) is 32.4 Å². The summed E-state index contributed by atoms with van der Waals surface area (Å²) in [5.74, 6) is 1.03. The predicted molar refractivity (Wildman–Crippen MR) is 135 cm³/mol. The van der Waals surface area contributed by atoms with Crippen molar-refractivity contribution in [1.29, 1.82) is 0 Å². The summed E-state index contributed by atoms with van der Waals surface area (Å²) in [5.41, 5.74) is 0.381. The molecule has 1 fully saturated rings. The molecule has 0 N–H and O–H groups in total. The van der Waals surface area contributed by atoms with Gasteiger partial charge in [-0.25, -0.2) is 13.4 Å². The molecule has 2 heterocycles. The highest BCUT2D eigenvalue weighted by atomic mass is 32.2. The Morgan fingerprint density at radius 1 is 1.11 bits per heavy atom. The molecule has 1 aromatic heterocycles. The molecule has 0 unspecified atom stereocenters. The van der Waals surface area contributed by atoms with Gasteiger partial charge in [-0.3, -0.25) is 14.6 Å². The van der Waals surface area contributed by atoms with Crippen molar-refractivity contribution in [3.05, 3.63) is 42.5 Å². The molecule has 0 aliphatic carbocycles. The van der Waals surface area contributed by atoms with Gasteiger partial charge in [-0.15, -0.1) is 0 Å². The lowest BCUT2D eigenvalue weighted by molar-refractivity contribution is -0.120. The number of fused-ring (bicyclic) bond motifs is 1. The van der Waals surface area contributed by atoms with Crippen molar-refractivity contribution in [3.8, 4) is 11.5 Å². The fraction of sp³-hybridized carbons (Fsp3) is 0.417. The summed E-state index contributed by atoms with van der Waals surface area (Å²) in [6, 6.07) is 12.1. The number of sulfone groups is 1. The molecule has 0 radical (unpaired) electrons. The molecule has 188 valence electrons. The highest BCUT2D eigenvalue weighted by molar-refractivity contribution is 7.91. The number of thiazole rings is 1. The smallest absolute Gasteiger partial charge is 0.266 e. The zero-order valence-electron chi connectivity index (χ0n) is 19.8. The maximum absolute atomic E-state index is 13.3. The molecule has 0 saturated carbocycles. The molecule has 0 atom stereocenters. The Labute approximate surface area is 209 Å². The van der Waals surface area contributed by atoms with Gasteiger partial charge in [0.15, 0.2) is 21.6 Å². The standard InChI is InChI=1S/C24H29N3O6S2/c1-3-32-18-7-9-19(10-8-18)33-17-22(28)27(12-11-26-13-15-31-16-14-26)24-25-23-20(34-24)5-4-6-21(23)35(2,29)30/h4-10H,3,11-17H2,1-2H3. The number of aromatic nitrogens is 1. The van der Waals surface area contributed by atoms with Crippen LogP contribution in [0, 0.1) is 0 Å². The number of anilines is 1. The van der Waals surface area contributed by atoms with E-state index >= 15 is 0 Å². The summed E-state index contributed by atoms with van der Waals surface area (Å²) >= 11 is 1.29. The molecule has 9 nitrogen and oxygen atoms in total. The Morgan fingerprint density at radius 3 is 2.46 bits per heavy atom. The van der Waals surface area contributed by atoms with Gasteiger partial charge in [-0.2, -0.15) is 0 Å². The number of carbonyl (C=O) groups is 1. The molecule has 0 spiro atoms. The van der Waals surface area contributed by atoms with Gasteiger partial charge in [0.1, 0.15) is 17.0 Å². The normalized spacial score (nSPS) is 14.7. The minimum atomic E-state index is -3.46. The van der Waals surface area contributed by atoms with Crippen LogP contribution in [0.4, 0.5) is 5.13 Å². The fourth-order valence-electron chi connectivity index (χ4n) is 3.74. The molecule has 4 rings (SSSR count). The maximum atomic E-state index is 13.3. The summed E-state index contributed by atoms with van der Waals surface area (Å²) in [7, 11) is -3.46. The molecule has 1 amide bonds. The highest BCUT2D eigenvalue weighted by Gasteiger charge is 2.24. The van der Waals surface area contributed by atoms with Crippen LogP contribution in [-0.4, -0.2) is 83.1 Å². The van der Waals surface area contributed by atoms with Crippen LogP contribution in [0.3, 0.4) is 0 Å². The van der Waals surface area contributed by atoms with Crippen LogP contribution in [0.1, 0.15) is 6.92 Å². The summed E-state index contributed by atoms with van der Waals surface area (Å²) in [6.07, 6.45) is 1.16. The Bertz CT molecular complexity index is 1250. The predicted octanol–water partition coefficient (Wildman–Crippen LogP) is 2.84. The molecule has 35 heavy (non-hydrogen) atoms. The van der Waals surface area contributed by atoms with Crippen LogP contribution >= 0.6 is 11.3 Å². The third-order valence-electron chi connectivity index (χ3n) is 5.54. The van der Waals surface area contributed by atoms with Crippen LogP contribution in [0.5, 0.6) is 11.5 Å². The number of ether oxygens (including phenoxy) is 3. The van der Waals surface area contributed by atoms with E-state index in [-0.39, 0.29) is 17.4 Å². The van der Waals surface area contributed by atoms with Gasteiger partial charge in [0.2, 0.25) is 0 Å². The van der Waals surface area contributed by atoms with E-state index in [1.807, 2.05) is 13.0 Å². The molecule has 2 aromatic carbocycles. The maximum Gasteiger partial charge on any atom is 0.266 e. The van der Waals surface area contributed by atoms with Gasteiger partial charge in [0.05, 0.1) is 29.4 Å². The molecule has 3 aromatic rings. The molecule has 1 aliphatic heterocycles. The van der Waals surface area contributed by atoms with E-state index in [0.29, 0.717) is 54.0 Å². The second-order valence-electron chi connectivity index (χ2n) is 8.06. The largest absolute Gasteiger partial charge is 0.494 e. The number of hydrogen-bond acceptors (Lipinski definition) is 9. The zero-order chi connectivity index (χ0) is 24.8. The van der Waals surface area contributed by atoms with E-state index in [4.69, 9.17) is 14.2 Å². The number of nitrogens with zero attached hydrogens (tertiary/aromatic N) is 3. The second kappa shape index (κ2) is 11.3. The fourth-order valence-corrected chi connectivity index (χ4v) is 5.67. The molecular formula is C24H29N3O6S2. The van der Waals surface area contributed by atoms with E-state index in [9.17, 15) is 13.2 Å². The van der Waals surface area contributed by atoms with Gasteiger partial charge in [-0.05, 0) is 43.3 Å². The Kier molecular flexibility index (Phi) is 8.22. The lowest BCUT2D eigenvalue weighted by atomic mass is 10.3. The van der Waals surface area contributed by atoms with E-state index in [2.05, 4.69) is 9.88 Å². The summed E-state index contributed by atoms with van der Waals surface area (Å²) in [6.45, 7) is 6.26. The second-order valence-corrected chi connectivity index (χ2v) is 11.1. The summed E-state index contributed by atoms with van der Waals surface area (Å²) in [5, 5.41) is 0.449. The first-order chi connectivity index (χ1) is 16.8. The van der Waals surface area contributed by atoms with Crippen molar-refractivity contribution >= 4 is 42.4 Å². The summed E-state index contributed by atoms with van der Waals surface area (Å²) < 4.78 is 41.8. The monoisotopic (exact) mass is 519 g/mol.